The van der Waals surface area contributed by atoms with Crippen molar-refractivity contribution in [1.29, 1.82) is 0 Å². The lowest BCUT2D eigenvalue weighted by Crippen LogP contribution is -2.17. The van der Waals surface area contributed by atoms with E-state index in [1.54, 1.807) is 21.6 Å². The molecular weight excluding hydrogens is 366 g/mol. The maximum Gasteiger partial charge on any atom is 0.277 e. The number of nitrogens with one attached hydrogen (secondary N) is 1. The van der Waals surface area contributed by atoms with E-state index >= 15 is 0 Å². The maximum absolute atomic E-state index is 12.6. The standard InChI is InChI=1S/C22H21N5O2/c1-17-14-21(27(24-17)15-18-8-4-2-5-9-18)23-22(28)20-12-13-26(25-20)16-29-19-10-6-3-7-11-19/h2-14H,15-16H2,1H3,(H,23,28). The van der Waals surface area contributed by atoms with Gasteiger partial charge in [0.2, 0.25) is 0 Å². The molecule has 2 heterocycles. The van der Waals surface area contributed by atoms with Gasteiger partial charge in [0.15, 0.2) is 12.4 Å². The number of rotatable bonds is 7. The first-order valence-electron chi connectivity index (χ1n) is 9.28. The molecule has 0 fully saturated rings. The van der Waals surface area contributed by atoms with E-state index in [0.717, 1.165) is 17.0 Å². The largest absolute Gasteiger partial charge is 0.471 e. The maximum atomic E-state index is 12.6. The third-order valence-corrected chi connectivity index (χ3v) is 4.30. The van der Waals surface area contributed by atoms with Crippen molar-refractivity contribution in [3.05, 3.63) is 95.9 Å². The fraction of sp³-hybridized carbons (Fsp3) is 0.136. The van der Waals surface area contributed by atoms with Gasteiger partial charge in [-0.15, -0.1) is 0 Å². The normalized spacial score (nSPS) is 10.7. The van der Waals surface area contributed by atoms with E-state index in [2.05, 4.69) is 15.5 Å². The Morgan fingerprint density at radius 1 is 1.00 bits per heavy atom. The van der Waals surface area contributed by atoms with Crippen LogP contribution in [0.1, 0.15) is 21.7 Å². The summed E-state index contributed by atoms with van der Waals surface area (Å²) in [4.78, 5) is 12.6. The lowest BCUT2D eigenvalue weighted by atomic mass is 10.2. The molecule has 4 rings (SSSR count). The van der Waals surface area contributed by atoms with Crippen molar-refractivity contribution in [2.45, 2.75) is 20.2 Å². The number of hydrogen-bond acceptors (Lipinski definition) is 4. The summed E-state index contributed by atoms with van der Waals surface area (Å²) in [6, 6.07) is 22.9. The van der Waals surface area contributed by atoms with Crippen LogP contribution in [0.4, 0.5) is 5.82 Å². The van der Waals surface area contributed by atoms with Gasteiger partial charge in [0.25, 0.3) is 5.91 Å². The molecule has 0 aliphatic rings. The van der Waals surface area contributed by atoms with Crippen molar-refractivity contribution in [3.63, 3.8) is 0 Å². The summed E-state index contributed by atoms with van der Waals surface area (Å²) >= 11 is 0. The first-order valence-corrected chi connectivity index (χ1v) is 9.28. The van der Waals surface area contributed by atoms with E-state index in [1.165, 1.54) is 0 Å². The SMILES string of the molecule is Cc1cc(NC(=O)c2ccn(COc3ccccc3)n2)n(Cc2ccccc2)n1. The van der Waals surface area contributed by atoms with Crippen LogP contribution < -0.4 is 10.1 Å². The molecule has 1 amide bonds. The van der Waals surface area contributed by atoms with Crippen molar-refractivity contribution in [2.75, 3.05) is 5.32 Å². The number of aryl methyl sites for hydroxylation is 1. The van der Waals surface area contributed by atoms with Crippen LogP contribution in [0.25, 0.3) is 0 Å². The van der Waals surface area contributed by atoms with Gasteiger partial charge in [-0.3, -0.25) is 4.79 Å². The molecule has 0 saturated carbocycles. The van der Waals surface area contributed by atoms with Crippen LogP contribution in [0, 0.1) is 6.92 Å². The average Bonchev–Trinajstić information content (AvgIpc) is 3.35. The number of hydrogen-bond donors (Lipinski definition) is 1. The van der Waals surface area contributed by atoms with Gasteiger partial charge >= 0.3 is 0 Å². The molecule has 4 aromatic rings. The second-order valence-corrected chi connectivity index (χ2v) is 6.60. The first-order chi connectivity index (χ1) is 14.2. The summed E-state index contributed by atoms with van der Waals surface area (Å²) in [7, 11) is 0. The number of carbonyl (C=O) groups is 1. The smallest absolute Gasteiger partial charge is 0.277 e. The van der Waals surface area contributed by atoms with E-state index in [-0.39, 0.29) is 12.6 Å². The number of amides is 1. The summed E-state index contributed by atoms with van der Waals surface area (Å²) in [6.45, 7) is 2.69. The van der Waals surface area contributed by atoms with Crippen molar-refractivity contribution < 1.29 is 9.53 Å². The number of anilines is 1. The quantitative estimate of drug-likeness (QED) is 0.524. The Balaban J connectivity index is 1.41. The molecule has 7 heteroatoms. The third kappa shape index (κ3) is 4.70. The molecule has 29 heavy (non-hydrogen) atoms. The summed E-state index contributed by atoms with van der Waals surface area (Å²) in [5.74, 6) is 1.08. The Morgan fingerprint density at radius 3 is 2.48 bits per heavy atom. The molecular formula is C22H21N5O2. The monoisotopic (exact) mass is 387 g/mol. The number of benzene rings is 2. The van der Waals surface area contributed by atoms with E-state index in [1.807, 2.05) is 73.7 Å². The molecule has 0 aliphatic carbocycles. The van der Waals surface area contributed by atoms with Crippen molar-refractivity contribution in [1.82, 2.24) is 19.6 Å². The van der Waals surface area contributed by atoms with Crippen LogP contribution in [0.5, 0.6) is 5.75 Å². The highest BCUT2D eigenvalue weighted by Crippen LogP contribution is 2.14. The molecule has 146 valence electrons. The number of ether oxygens (including phenoxy) is 1. The van der Waals surface area contributed by atoms with Gasteiger partial charge in [-0.05, 0) is 30.7 Å². The number of aromatic nitrogens is 4. The summed E-state index contributed by atoms with van der Waals surface area (Å²) < 4.78 is 9.00. The van der Waals surface area contributed by atoms with Crippen LogP contribution >= 0.6 is 0 Å². The highest BCUT2D eigenvalue weighted by atomic mass is 16.5. The molecule has 0 aliphatic heterocycles. The van der Waals surface area contributed by atoms with Gasteiger partial charge in [-0.2, -0.15) is 10.2 Å². The molecule has 1 N–H and O–H groups in total. The molecule has 0 unspecified atom stereocenters. The zero-order valence-electron chi connectivity index (χ0n) is 16.0. The summed E-state index contributed by atoms with van der Waals surface area (Å²) in [6.07, 6.45) is 1.71. The molecule has 0 saturated heterocycles. The number of nitrogens with zero attached hydrogens (tertiary/aromatic N) is 4. The minimum absolute atomic E-state index is 0.225. The van der Waals surface area contributed by atoms with Crippen LogP contribution in [-0.2, 0) is 13.3 Å². The molecule has 7 nitrogen and oxygen atoms in total. The Bertz CT molecular complexity index is 1090. The van der Waals surface area contributed by atoms with Crippen LogP contribution in [0.2, 0.25) is 0 Å². The average molecular weight is 387 g/mol. The Labute approximate surface area is 168 Å². The second-order valence-electron chi connectivity index (χ2n) is 6.60. The predicted molar refractivity (Wildman–Crippen MR) is 110 cm³/mol. The first kappa shape index (κ1) is 18.5. The second kappa shape index (κ2) is 8.43. The molecule has 0 atom stereocenters. The lowest BCUT2D eigenvalue weighted by Gasteiger charge is -2.08. The van der Waals surface area contributed by atoms with Crippen molar-refractivity contribution in [2.24, 2.45) is 0 Å². The molecule has 0 bridgehead atoms. The number of para-hydroxylation sites is 1. The summed E-state index contributed by atoms with van der Waals surface area (Å²) in [5, 5.41) is 11.7. The van der Waals surface area contributed by atoms with Gasteiger partial charge < -0.3 is 10.1 Å². The van der Waals surface area contributed by atoms with E-state index in [0.29, 0.717) is 18.1 Å². The predicted octanol–water partition coefficient (Wildman–Crippen LogP) is 3.73. The zero-order valence-corrected chi connectivity index (χ0v) is 16.0. The highest BCUT2D eigenvalue weighted by Gasteiger charge is 2.14. The van der Waals surface area contributed by atoms with E-state index < -0.39 is 0 Å². The van der Waals surface area contributed by atoms with E-state index in [4.69, 9.17) is 4.74 Å². The van der Waals surface area contributed by atoms with Crippen LogP contribution in [0.3, 0.4) is 0 Å². The third-order valence-electron chi connectivity index (χ3n) is 4.30. The fourth-order valence-corrected chi connectivity index (χ4v) is 2.92. The highest BCUT2D eigenvalue weighted by molar-refractivity contribution is 6.02. The van der Waals surface area contributed by atoms with Crippen molar-refractivity contribution >= 4 is 11.7 Å². The minimum atomic E-state index is -0.294. The van der Waals surface area contributed by atoms with E-state index in [9.17, 15) is 4.79 Å². The van der Waals surface area contributed by atoms with Crippen molar-refractivity contribution in [3.8, 4) is 5.75 Å². The molecule has 2 aromatic heterocycles. The zero-order chi connectivity index (χ0) is 20.1. The van der Waals surface area contributed by atoms with Gasteiger partial charge in [-0.1, -0.05) is 48.5 Å². The lowest BCUT2D eigenvalue weighted by molar-refractivity contribution is 0.101. The summed E-state index contributed by atoms with van der Waals surface area (Å²) in [5.41, 5.74) is 2.25. The fourth-order valence-electron chi connectivity index (χ4n) is 2.92. The van der Waals surface area contributed by atoms with Gasteiger partial charge in [0, 0.05) is 12.3 Å². The topological polar surface area (TPSA) is 74.0 Å². The molecule has 0 spiro atoms. The Hall–Kier alpha value is -3.87. The van der Waals surface area contributed by atoms with Crippen LogP contribution in [0.15, 0.2) is 79.0 Å². The number of carbonyl (C=O) groups excluding carboxylic acids is 1. The van der Waals surface area contributed by atoms with Crippen LogP contribution in [-0.4, -0.2) is 25.5 Å². The molecule has 0 radical (unpaired) electrons. The van der Waals surface area contributed by atoms with Gasteiger partial charge in [-0.25, -0.2) is 9.36 Å². The Morgan fingerprint density at radius 2 is 1.72 bits per heavy atom. The Kier molecular flexibility index (Phi) is 5.38. The van der Waals surface area contributed by atoms with Gasteiger partial charge in [0.05, 0.1) is 12.2 Å². The minimum Gasteiger partial charge on any atom is -0.471 e. The van der Waals surface area contributed by atoms with Gasteiger partial charge in [0.1, 0.15) is 11.6 Å². The molecule has 2 aromatic carbocycles.